The van der Waals surface area contributed by atoms with E-state index in [0.29, 0.717) is 0 Å². The van der Waals surface area contributed by atoms with Gasteiger partial charge in [-0.05, 0) is 0 Å². The van der Waals surface area contributed by atoms with Crippen molar-refractivity contribution in [3.63, 3.8) is 0 Å². The Morgan fingerprint density at radius 3 is 2.60 bits per heavy atom. The maximum Gasteiger partial charge on any atom is 0.0282 e. The molecule has 0 spiro atoms. The van der Waals surface area contributed by atoms with Gasteiger partial charge in [-0.2, -0.15) is 0 Å². The van der Waals surface area contributed by atoms with Gasteiger partial charge in [-0.15, -0.1) is 0 Å². The van der Waals surface area contributed by atoms with Gasteiger partial charge in [-0.3, -0.25) is 0 Å². The molecule has 1 saturated heterocycles. The molecular formula is C3H6IN. The molecule has 0 aromatic heterocycles. The smallest absolute Gasteiger partial charge is 0.0282 e. The Labute approximate surface area is 45.3 Å². The fraction of sp³-hybridized carbons (Fsp3) is 1.00. The predicted molar refractivity (Wildman–Crippen MR) is 30.7 cm³/mol. The molecule has 0 aromatic carbocycles. The number of hydrogen-bond donors (Lipinski definition) is 1. The SMILES string of the molecule is IC[C@H]1CN1. The summed E-state index contributed by atoms with van der Waals surface area (Å²) >= 11 is 2.38. The average molecular weight is 183 g/mol. The van der Waals surface area contributed by atoms with Crippen molar-refractivity contribution in [1.29, 1.82) is 0 Å². The summed E-state index contributed by atoms with van der Waals surface area (Å²) in [6.07, 6.45) is 0. The molecule has 2 heteroatoms. The largest absolute Gasteiger partial charge is 0.310 e. The van der Waals surface area contributed by atoms with E-state index in [1.54, 1.807) is 0 Å². The highest BCUT2D eigenvalue weighted by molar-refractivity contribution is 14.1. The van der Waals surface area contributed by atoms with Crippen molar-refractivity contribution in [3.05, 3.63) is 0 Å². The standard InChI is InChI=1S/C3H6IN/c4-1-3-2-5-3/h3,5H,1-2H2/t3-/m0/s1. The van der Waals surface area contributed by atoms with E-state index in [-0.39, 0.29) is 0 Å². The molecule has 5 heavy (non-hydrogen) atoms. The van der Waals surface area contributed by atoms with Crippen LogP contribution in [0.1, 0.15) is 0 Å². The zero-order valence-electron chi connectivity index (χ0n) is 2.87. The lowest BCUT2D eigenvalue weighted by Crippen LogP contribution is -1.86. The molecule has 1 fully saturated rings. The molecule has 0 saturated carbocycles. The molecule has 1 heterocycles. The maximum atomic E-state index is 3.18. The summed E-state index contributed by atoms with van der Waals surface area (Å²) in [7, 11) is 0. The summed E-state index contributed by atoms with van der Waals surface area (Å²) in [6.45, 7) is 1.25. The molecule has 1 aliphatic heterocycles. The van der Waals surface area contributed by atoms with Crippen molar-refractivity contribution in [3.8, 4) is 0 Å². The van der Waals surface area contributed by atoms with Crippen LogP contribution in [0.3, 0.4) is 0 Å². The first-order chi connectivity index (χ1) is 2.43. The first kappa shape index (κ1) is 3.87. The van der Waals surface area contributed by atoms with Crippen molar-refractivity contribution in [2.75, 3.05) is 11.0 Å². The highest BCUT2D eigenvalue weighted by Crippen LogP contribution is 1.99. The zero-order chi connectivity index (χ0) is 3.70. The minimum absolute atomic E-state index is 0.871. The summed E-state index contributed by atoms with van der Waals surface area (Å²) in [5, 5.41) is 3.18. The number of nitrogens with one attached hydrogen (secondary N) is 1. The van der Waals surface area contributed by atoms with E-state index in [0.717, 1.165) is 6.04 Å². The Bertz CT molecular complexity index is 33.9. The van der Waals surface area contributed by atoms with E-state index in [2.05, 4.69) is 27.9 Å². The van der Waals surface area contributed by atoms with Crippen LogP contribution in [-0.2, 0) is 0 Å². The third kappa shape index (κ3) is 1.05. The lowest BCUT2D eigenvalue weighted by atomic mass is 10.6. The topological polar surface area (TPSA) is 21.9 Å². The van der Waals surface area contributed by atoms with Crippen LogP contribution in [0.5, 0.6) is 0 Å². The van der Waals surface area contributed by atoms with Crippen LogP contribution in [0, 0.1) is 0 Å². The van der Waals surface area contributed by atoms with Crippen LogP contribution in [0.25, 0.3) is 0 Å². The van der Waals surface area contributed by atoms with Crippen LogP contribution in [-0.4, -0.2) is 17.0 Å². The molecule has 1 aliphatic rings. The van der Waals surface area contributed by atoms with Gasteiger partial charge in [0.25, 0.3) is 0 Å². The van der Waals surface area contributed by atoms with Gasteiger partial charge in [0.15, 0.2) is 0 Å². The fourth-order valence-corrected chi connectivity index (χ4v) is 0.815. The summed E-state index contributed by atoms with van der Waals surface area (Å²) in [4.78, 5) is 0. The third-order valence-corrected chi connectivity index (χ3v) is 1.74. The summed E-state index contributed by atoms with van der Waals surface area (Å²) in [6, 6.07) is 0.871. The third-order valence-electron chi connectivity index (χ3n) is 0.679. The fourth-order valence-electron chi connectivity index (χ4n) is 0.192. The second-order valence-corrected chi connectivity index (χ2v) is 2.14. The number of hydrogen-bond acceptors (Lipinski definition) is 1. The van der Waals surface area contributed by atoms with Crippen molar-refractivity contribution in [1.82, 2.24) is 5.32 Å². The van der Waals surface area contributed by atoms with E-state index in [1.807, 2.05) is 0 Å². The zero-order valence-corrected chi connectivity index (χ0v) is 5.03. The van der Waals surface area contributed by atoms with Gasteiger partial charge < -0.3 is 5.32 Å². The second kappa shape index (κ2) is 1.43. The van der Waals surface area contributed by atoms with Gasteiger partial charge in [-0.25, -0.2) is 0 Å². The van der Waals surface area contributed by atoms with Crippen molar-refractivity contribution >= 4 is 22.6 Å². The summed E-state index contributed by atoms with van der Waals surface area (Å²) < 4.78 is 1.28. The van der Waals surface area contributed by atoms with Crippen molar-refractivity contribution in [2.24, 2.45) is 0 Å². The monoisotopic (exact) mass is 183 g/mol. The Kier molecular flexibility index (Phi) is 1.10. The molecule has 1 rings (SSSR count). The Morgan fingerprint density at radius 1 is 2.00 bits per heavy atom. The lowest BCUT2D eigenvalue weighted by molar-refractivity contribution is 1.13. The molecule has 0 aliphatic carbocycles. The second-order valence-electron chi connectivity index (χ2n) is 1.26. The van der Waals surface area contributed by atoms with Crippen molar-refractivity contribution < 1.29 is 0 Å². The molecule has 0 unspecified atom stereocenters. The van der Waals surface area contributed by atoms with E-state index in [1.165, 1.54) is 11.0 Å². The maximum absolute atomic E-state index is 3.18. The molecule has 30 valence electrons. The van der Waals surface area contributed by atoms with Crippen LogP contribution < -0.4 is 5.32 Å². The molecule has 0 bridgehead atoms. The van der Waals surface area contributed by atoms with Gasteiger partial charge >= 0.3 is 0 Å². The van der Waals surface area contributed by atoms with Gasteiger partial charge in [0.2, 0.25) is 0 Å². The van der Waals surface area contributed by atoms with Gasteiger partial charge in [-0.1, -0.05) is 22.6 Å². The quantitative estimate of drug-likeness (QED) is 0.354. The highest BCUT2D eigenvalue weighted by atomic mass is 127. The van der Waals surface area contributed by atoms with Gasteiger partial charge in [0, 0.05) is 17.0 Å². The van der Waals surface area contributed by atoms with E-state index < -0.39 is 0 Å². The lowest BCUT2D eigenvalue weighted by Gasteiger charge is -1.69. The average Bonchev–Trinajstić information content (AvgIpc) is 2.12. The van der Waals surface area contributed by atoms with Crippen molar-refractivity contribution in [2.45, 2.75) is 6.04 Å². The predicted octanol–water partition coefficient (Wildman–Crippen LogP) is 0.393. The number of halogens is 1. The Hall–Kier alpha value is 0.690. The molecule has 1 nitrogen and oxygen atoms in total. The minimum Gasteiger partial charge on any atom is -0.310 e. The van der Waals surface area contributed by atoms with Crippen LogP contribution >= 0.6 is 22.6 Å². The Balaban J connectivity index is 2.00. The number of alkyl halides is 1. The Morgan fingerprint density at radius 2 is 2.60 bits per heavy atom. The normalized spacial score (nSPS) is 34.2. The van der Waals surface area contributed by atoms with Gasteiger partial charge in [0.05, 0.1) is 0 Å². The van der Waals surface area contributed by atoms with Crippen LogP contribution in [0.4, 0.5) is 0 Å². The van der Waals surface area contributed by atoms with E-state index in [4.69, 9.17) is 0 Å². The van der Waals surface area contributed by atoms with E-state index >= 15 is 0 Å². The summed E-state index contributed by atoms with van der Waals surface area (Å²) in [5.74, 6) is 0. The molecule has 0 radical (unpaired) electrons. The molecule has 0 amide bonds. The van der Waals surface area contributed by atoms with Crippen LogP contribution in [0.2, 0.25) is 0 Å². The molecule has 1 N–H and O–H groups in total. The minimum atomic E-state index is 0.871. The van der Waals surface area contributed by atoms with E-state index in [9.17, 15) is 0 Å². The first-order valence-corrected chi connectivity index (χ1v) is 3.25. The summed E-state index contributed by atoms with van der Waals surface area (Å²) in [5.41, 5.74) is 0. The molecule has 0 aromatic rings. The van der Waals surface area contributed by atoms with Gasteiger partial charge in [0.1, 0.15) is 0 Å². The first-order valence-electron chi connectivity index (χ1n) is 1.73. The molecular weight excluding hydrogens is 177 g/mol. The number of rotatable bonds is 1. The van der Waals surface area contributed by atoms with Crippen LogP contribution in [0.15, 0.2) is 0 Å². The highest BCUT2D eigenvalue weighted by Gasteiger charge is 2.16. The molecule has 1 atom stereocenters.